The number of rotatable bonds is 3. The van der Waals surface area contributed by atoms with E-state index in [2.05, 4.69) is 20.8 Å². The van der Waals surface area contributed by atoms with Crippen LogP contribution in [0.2, 0.25) is 0 Å². The molecule has 0 amide bonds. The summed E-state index contributed by atoms with van der Waals surface area (Å²) in [6.07, 6.45) is 5.54. The van der Waals surface area contributed by atoms with Gasteiger partial charge in [-0.25, -0.2) is 0 Å². The van der Waals surface area contributed by atoms with Gasteiger partial charge in [0, 0.05) is 0 Å². The van der Waals surface area contributed by atoms with Crippen LogP contribution in [0.4, 0.5) is 0 Å². The van der Waals surface area contributed by atoms with Crippen molar-refractivity contribution in [2.75, 3.05) is 0 Å². The first-order valence-electron chi connectivity index (χ1n) is 3.62. The van der Waals surface area contributed by atoms with E-state index in [4.69, 9.17) is 0 Å². The van der Waals surface area contributed by atoms with E-state index in [-0.39, 0.29) is 18.9 Å². The fourth-order valence-electron chi connectivity index (χ4n) is 0.500. The van der Waals surface area contributed by atoms with E-state index in [0.717, 1.165) is 0 Å². The molecule has 0 rings (SSSR count). The van der Waals surface area contributed by atoms with E-state index in [1.54, 1.807) is 6.92 Å². The predicted molar refractivity (Wildman–Crippen MR) is 40.8 cm³/mol. The molecule has 0 aromatic rings. The van der Waals surface area contributed by atoms with Crippen LogP contribution in [-0.2, 0) is 0 Å². The minimum absolute atomic E-state index is 0. The SMILES string of the molecule is CCCCCC.[CH2-]C.[Li+]. The summed E-state index contributed by atoms with van der Waals surface area (Å²) in [7, 11) is 0. The molecule has 0 aliphatic heterocycles. The zero-order valence-electron chi connectivity index (χ0n) is 7.54. The van der Waals surface area contributed by atoms with Crippen molar-refractivity contribution in [1.29, 1.82) is 0 Å². The van der Waals surface area contributed by atoms with E-state index in [9.17, 15) is 0 Å². The van der Waals surface area contributed by atoms with Crippen LogP contribution in [0.15, 0.2) is 0 Å². The zero-order valence-corrected chi connectivity index (χ0v) is 7.54. The van der Waals surface area contributed by atoms with Gasteiger partial charge in [0.25, 0.3) is 0 Å². The zero-order chi connectivity index (χ0) is 6.83. The summed E-state index contributed by atoms with van der Waals surface area (Å²) in [4.78, 5) is 0. The fourth-order valence-corrected chi connectivity index (χ4v) is 0.500. The Labute approximate surface area is 72.6 Å². The number of unbranched alkanes of at least 4 members (excludes halogenated alkanes) is 3. The minimum Gasteiger partial charge on any atom is -0.346 e. The molecule has 0 heterocycles. The molecule has 0 N–H and O–H groups in total. The van der Waals surface area contributed by atoms with Crippen LogP contribution >= 0.6 is 0 Å². The van der Waals surface area contributed by atoms with Crippen molar-refractivity contribution in [1.82, 2.24) is 0 Å². The molecule has 0 radical (unpaired) electrons. The maximum absolute atomic E-state index is 3.25. The summed E-state index contributed by atoms with van der Waals surface area (Å²) >= 11 is 0. The molecule has 0 spiro atoms. The molecule has 0 saturated heterocycles. The quantitative estimate of drug-likeness (QED) is 0.289. The Kier molecular flexibility index (Phi) is 42.5. The number of hydrogen-bond acceptors (Lipinski definition) is 0. The molecule has 0 aromatic carbocycles. The van der Waals surface area contributed by atoms with Gasteiger partial charge in [-0.1, -0.05) is 39.5 Å². The normalized spacial score (nSPS) is 6.67. The van der Waals surface area contributed by atoms with Gasteiger partial charge in [0.2, 0.25) is 0 Å². The van der Waals surface area contributed by atoms with Gasteiger partial charge in [-0.3, -0.25) is 0 Å². The molecular formula is C8H19Li. The standard InChI is InChI=1S/C6H14.C2H5.Li/c1-3-5-6-4-2;1-2;/h3-6H2,1-2H3;1H2,2H3;/q;-1;+1. The van der Waals surface area contributed by atoms with E-state index in [1.165, 1.54) is 25.7 Å². The van der Waals surface area contributed by atoms with Crippen LogP contribution in [0.1, 0.15) is 46.5 Å². The summed E-state index contributed by atoms with van der Waals surface area (Å²) < 4.78 is 0. The third-order valence-electron chi connectivity index (χ3n) is 0.957. The predicted octanol–water partition coefficient (Wildman–Crippen LogP) is 0.431. The van der Waals surface area contributed by atoms with Crippen LogP contribution < -0.4 is 18.9 Å². The van der Waals surface area contributed by atoms with Crippen molar-refractivity contribution < 1.29 is 18.9 Å². The van der Waals surface area contributed by atoms with Crippen molar-refractivity contribution in [2.45, 2.75) is 46.5 Å². The van der Waals surface area contributed by atoms with E-state index < -0.39 is 0 Å². The topological polar surface area (TPSA) is 0 Å². The van der Waals surface area contributed by atoms with Gasteiger partial charge in [-0.05, 0) is 0 Å². The van der Waals surface area contributed by atoms with Crippen LogP contribution in [0.5, 0.6) is 0 Å². The maximum Gasteiger partial charge on any atom is 1.00 e. The average Bonchev–Trinajstić information content (AvgIpc) is 1.88. The van der Waals surface area contributed by atoms with Gasteiger partial charge in [0.1, 0.15) is 0 Å². The van der Waals surface area contributed by atoms with Gasteiger partial charge in [-0.15, -0.1) is 0 Å². The Hall–Kier alpha value is 0.597. The smallest absolute Gasteiger partial charge is 0.346 e. The van der Waals surface area contributed by atoms with E-state index in [1.807, 2.05) is 0 Å². The first-order valence-corrected chi connectivity index (χ1v) is 3.62. The van der Waals surface area contributed by atoms with E-state index >= 15 is 0 Å². The molecule has 0 bridgehead atoms. The third-order valence-corrected chi connectivity index (χ3v) is 0.957. The molecule has 9 heavy (non-hydrogen) atoms. The second kappa shape index (κ2) is 23.5. The van der Waals surface area contributed by atoms with Crippen molar-refractivity contribution >= 4 is 0 Å². The first-order chi connectivity index (χ1) is 3.91. The van der Waals surface area contributed by atoms with Gasteiger partial charge < -0.3 is 6.92 Å². The van der Waals surface area contributed by atoms with Crippen molar-refractivity contribution in [3.8, 4) is 0 Å². The summed E-state index contributed by atoms with van der Waals surface area (Å²) in [5.41, 5.74) is 0. The summed E-state index contributed by atoms with van der Waals surface area (Å²) in [6, 6.07) is 0. The van der Waals surface area contributed by atoms with Crippen LogP contribution in [0, 0.1) is 6.92 Å². The molecule has 1 heteroatoms. The van der Waals surface area contributed by atoms with Gasteiger partial charge in [0.05, 0.1) is 0 Å². The van der Waals surface area contributed by atoms with Crippen molar-refractivity contribution in [2.24, 2.45) is 0 Å². The molecule has 0 saturated carbocycles. The van der Waals surface area contributed by atoms with Crippen molar-refractivity contribution in [3.63, 3.8) is 0 Å². The molecule has 0 aliphatic carbocycles. The van der Waals surface area contributed by atoms with Gasteiger partial charge in [-0.2, -0.15) is 6.92 Å². The summed E-state index contributed by atoms with van der Waals surface area (Å²) in [6.45, 7) is 9.46. The third kappa shape index (κ3) is 28.9. The maximum atomic E-state index is 3.25. The average molecular weight is 122 g/mol. The van der Waals surface area contributed by atoms with Crippen LogP contribution in [-0.4, -0.2) is 0 Å². The second-order valence-corrected chi connectivity index (χ2v) is 1.71. The second-order valence-electron chi connectivity index (χ2n) is 1.71. The molecule has 0 aromatic heterocycles. The van der Waals surface area contributed by atoms with Gasteiger partial charge >= 0.3 is 18.9 Å². The van der Waals surface area contributed by atoms with E-state index in [0.29, 0.717) is 0 Å². The Morgan fingerprint density at radius 1 is 0.889 bits per heavy atom. The molecule has 0 nitrogen and oxygen atoms in total. The molecule has 52 valence electrons. The first kappa shape index (κ1) is 16.3. The molecular weight excluding hydrogens is 103 g/mol. The fraction of sp³-hybridized carbons (Fsp3) is 0.875. The summed E-state index contributed by atoms with van der Waals surface area (Å²) in [5, 5.41) is 0. The minimum atomic E-state index is 0. The monoisotopic (exact) mass is 122 g/mol. The van der Waals surface area contributed by atoms with Gasteiger partial charge in [0.15, 0.2) is 0 Å². The number of hydrogen-bond donors (Lipinski definition) is 0. The van der Waals surface area contributed by atoms with Crippen molar-refractivity contribution in [3.05, 3.63) is 6.92 Å². The molecule has 0 atom stereocenters. The Morgan fingerprint density at radius 3 is 1.22 bits per heavy atom. The summed E-state index contributed by atoms with van der Waals surface area (Å²) in [5.74, 6) is 0. The Morgan fingerprint density at radius 2 is 1.11 bits per heavy atom. The Bertz CT molecular complexity index is 16.5. The molecule has 0 fully saturated rings. The molecule has 0 aliphatic rings. The molecule has 0 unspecified atom stereocenters. The Balaban J connectivity index is -0.000000109. The largest absolute Gasteiger partial charge is 1.00 e. The van der Waals surface area contributed by atoms with Crippen LogP contribution in [0.25, 0.3) is 0 Å². The van der Waals surface area contributed by atoms with Crippen LogP contribution in [0.3, 0.4) is 0 Å².